The lowest BCUT2D eigenvalue weighted by molar-refractivity contribution is 0.112. The second-order valence-corrected chi connectivity index (χ2v) is 5.42. The molecule has 2 aromatic carbocycles. The van der Waals surface area contributed by atoms with E-state index in [0.717, 1.165) is 6.42 Å². The highest BCUT2D eigenvalue weighted by atomic mass is 16.3. The molecule has 0 fully saturated rings. The monoisotopic (exact) mass is 254 g/mol. The van der Waals surface area contributed by atoms with Crippen molar-refractivity contribution in [2.24, 2.45) is 5.92 Å². The van der Waals surface area contributed by atoms with Crippen LogP contribution in [0.3, 0.4) is 0 Å². The van der Waals surface area contributed by atoms with Gasteiger partial charge in [0.15, 0.2) is 0 Å². The Morgan fingerprint density at radius 1 is 0.789 bits per heavy atom. The Labute approximate surface area is 115 Å². The number of aliphatic hydroxyl groups is 1. The molecule has 0 radical (unpaired) electrons. The summed E-state index contributed by atoms with van der Waals surface area (Å²) in [6, 6.07) is 20.9. The Bertz CT molecular complexity index is 436. The molecule has 1 atom stereocenters. The van der Waals surface area contributed by atoms with Crippen LogP contribution in [0.2, 0.25) is 0 Å². The van der Waals surface area contributed by atoms with Crippen molar-refractivity contribution in [2.75, 3.05) is 0 Å². The SMILES string of the molecule is CC(C)[C@@H](O)CC(c1ccccc1)c1ccccc1. The molecule has 0 aliphatic rings. The second-order valence-electron chi connectivity index (χ2n) is 5.42. The summed E-state index contributed by atoms with van der Waals surface area (Å²) in [5, 5.41) is 10.2. The average Bonchev–Trinajstić information content (AvgIpc) is 2.46. The van der Waals surface area contributed by atoms with Gasteiger partial charge in [0.05, 0.1) is 6.10 Å². The van der Waals surface area contributed by atoms with Crippen LogP contribution in [-0.4, -0.2) is 11.2 Å². The number of hydrogen-bond acceptors (Lipinski definition) is 1. The van der Waals surface area contributed by atoms with E-state index in [4.69, 9.17) is 0 Å². The summed E-state index contributed by atoms with van der Waals surface area (Å²) in [6.45, 7) is 4.13. The molecule has 0 saturated heterocycles. The van der Waals surface area contributed by atoms with Crippen molar-refractivity contribution in [3.05, 3.63) is 71.8 Å². The van der Waals surface area contributed by atoms with Crippen LogP contribution in [0.15, 0.2) is 60.7 Å². The molecular formula is C18H22O. The molecule has 1 nitrogen and oxygen atoms in total. The molecule has 1 heteroatoms. The van der Waals surface area contributed by atoms with Crippen molar-refractivity contribution in [2.45, 2.75) is 32.3 Å². The lowest BCUT2D eigenvalue weighted by Crippen LogP contribution is -2.19. The first kappa shape index (κ1) is 13.8. The molecule has 0 aliphatic carbocycles. The van der Waals surface area contributed by atoms with Crippen molar-refractivity contribution in [3.63, 3.8) is 0 Å². The van der Waals surface area contributed by atoms with E-state index in [1.54, 1.807) is 0 Å². The van der Waals surface area contributed by atoms with E-state index >= 15 is 0 Å². The molecule has 0 spiro atoms. The van der Waals surface area contributed by atoms with E-state index in [9.17, 15) is 5.11 Å². The number of hydrogen-bond donors (Lipinski definition) is 1. The summed E-state index contributed by atoms with van der Waals surface area (Å²) >= 11 is 0. The summed E-state index contributed by atoms with van der Waals surface area (Å²) in [5.41, 5.74) is 2.54. The van der Waals surface area contributed by atoms with Crippen LogP contribution in [0, 0.1) is 5.92 Å². The fourth-order valence-corrected chi connectivity index (χ4v) is 2.35. The van der Waals surface area contributed by atoms with Crippen LogP contribution >= 0.6 is 0 Å². The van der Waals surface area contributed by atoms with Crippen LogP contribution in [-0.2, 0) is 0 Å². The average molecular weight is 254 g/mol. The van der Waals surface area contributed by atoms with Crippen LogP contribution in [0.25, 0.3) is 0 Å². The standard InChI is InChI=1S/C18H22O/c1-14(2)18(19)13-17(15-9-5-3-6-10-15)16-11-7-4-8-12-16/h3-12,14,17-19H,13H2,1-2H3/t18-/m0/s1. The minimum atomic E-state index is -0.273. The van der Waals surface area contributed by atoms with Crippen molar-refractivity contribution in [1.82, 2.24) is 0 Å². The highest BCUT2D eigenvalue weighted by Crippen LogP contribution is 2.30. The zero-order valence-electron chi connectivity index (χ0n) is 11.7. The maximum Gasteiger partial charge on any atom is 0.0572 e. The van der Waals surface area contributed by atoms with Gasteiger partial charge in [-0.1, -0.05) is 74.5 Å². The first-order valence-electron chi connectivity index (χ1n) is 6.96. The number of benzene rings is 2. The molecule has 19 heavy (non-hydrogen) atoms. The number of aliphatic hydroxyl groups excluding tert-OH is 1. The summed E-state index contributed by atoms with van der Waals surface area (Å²) in [7, 11) is 0. The predicted octanol–water partition coefficient (Wildman–Crippen LogP) is 4.23. The fourth-order valence-electron chi connectivity index (χ4n) is 2.35. The molecular weight excluding hydrogens is 232 g/mol. The third-order valence-corrected chi connectivity index (χ3v) is 3.65. The second kappa shape index (κ2) is 6.53. The lowest BCUT2D eigenvalue weighted by atomic mass is 9.84. The summed E-state index contributed by atoms with van der Waals surface area (Å²) in [4.78, 5) is 0. The molecule has 2 aromatic rings. The first-order valence-corrected chi connectivity index (χ1v) is 6.96. The van der Waals surface area contributed by atoms with Crippen LogP contribution < -0.4 is 0 Å². The largest absolute Gasteiger partial charge is 0.393 e. The molecule has 0 bridgehead atoms. The van der Waals surface area contributed by atoms with Gasteiger partial charge in [-0.05, 0) is 23.5 Å². The van der Waals surface area contributed by atoms with Crippen LogP contribution in [0.4, 0.5) is 0 Å². The maximum absolute atomic E-state index is 10.2. The Morgan fingerprint density at radius 3 is 1.58 bits per heavy atom. The summed E-state index contributed by atoms with van der Waals surface area (Å²) < 4.78 is 0. The van der Waals surface area contributed by atoms with Gasteiger partial charge >= 0.3 is 0 Å². The van der Waals surface area contributed by atoms with Crippen LogP contribution in [0.5, 0.6) is 0 Å². The lowest BCUT2D eigenvalue weighted by Gasteiger charge is -2.23. The summed E-state index contributed by atoms with van der Waals surface area (Å²) in [5.74, 6) is 0.551. The van der Waals surface area contributed by atoms with Crippen molar-refractivity contribution in [1.29, 1.82) is 0 Å². The van der Waals surface area contributed by atoms with Gasteiger partial charge in [-0.25, -0.2) is 0 Å². The van der Waals surface area contributed by atoms with Gasteiger partial charge in [-0.3, -0.25) is 0 Å². The first-order chi connectivity index (χ1) is 9.18. The molecule has 0 amide bonds. The van der Waals surface area contributed by atoms with E-state index in [1.807, 2.05) is 12.1 Å². The van der Waals surface area contributed by atoms with Gasteiger partial charge in [0.2, 0.25) is 0 Å². The zero-order chi connectivity index (χ0) is 13.7. The topological polar surface area (TPSA) is 20.2 Å². The Kier molecular flexibility index (Phi) is 4.75. The van der Waals surface area contributed by atoms with E-state index in [2.05, 4.69) is 62.4 Å². The van der Waals surface area contributed by atoms with Gasteiger partial charge < -0.3 is 5.11 Å². The minimum Gasteiger partial charge on any atom is -0.393 e. The highest BCUT2D eigenvalue weighted by molar-refractivity contribution is 5.32. The Balaban J connectivity index is 2.29. The van der Waals surface area contributed by atoms with Gasteiger partial charge in [0, 0.05) is 5.92 Å². The molecule has 0 aromatic heterocycles. The minimum absolute atomic E-state index is 0.264. The third kappa shape index (κ3) is 3.68. The molecule has 100 valence electrons. The summed E-state index contributed by atoms with van der Waals surface area (Å²) in [6.07, 6.45) is 0.497. The van der Waals surface area contributed by atoms with E-state index in [-0.39, 0.29) is 17.9 Å². The fraction of sp³-hybridized carbons (Fsp3) is 0.333. The smallest absolute Gasteiger partial charge is 0.0572 e. The van der Waals surface area contributed by atoms with E-state index in [0.29, 0.717) is 0 Å². The normalized spacial score (nSPS) is 12.9. The molecule has 1 N–H and O–H groups in total. The van der Waals surface area contributed by atoms with Crippen molar-refractivity contribution >= 4 is 0 Å². The quantitative estimate of drug-likeness (QED) is 0.846. The van der Waals surface area contributed by atoms with Crippen LogP contribution in [0.1, 0.15) is 37.3 Å². The Hall–Kier alpha value is -1.60. The maximum atomic E-state index is 10.2. The van der Waals surface area contributed by atoms with E-state index in [1.165, 1.54) is 11.1 Å². The van der Waals surface area contributed by atoms with Gasteiger partial charge in [0.1, 0.15) is 0 Å². The van der Waals surface area contributed by atoms with Gasteiger partial charge in [0.25, 0.3) is 0 Å². The molecule has 0 unspecified atom stereocenters. The zero-order valence-corrected chi connectivity index (χ0v) is 11.7. The highest BCUT2D eigenvalue weighted by Gasteiger charge is 2.20. The molecule has 0 saturated carbocycles. The molecule has 0 heterocycles. The molecule has 2 rings (SSSR count). The van der Waals surface area contributed by atoms with Gasteiger partial charge in [-0.15, -0.1) is 0 Å². The predicted molar refractivity (Wildman–Crippen MR) is 80.2 cm³/mol. The van der Waals surface area contributed by atoms with Crippen molar-refractivity contribution < 1.29 is 5.11 Å². The Morgan fingerprint density at radius 2 is 1.21 bits per heavy atom. The third-order valence-electron chi connectivity index (χ3n) is 3.65. The molecule has 0 aliphatic heterocycles. The number of rotatable bonds is 5. The van der Waals surface area contributed by atoms with E-state index < -0.39 is 0 Å². The van der Waals surface area contributed by atoms with Gasteiger partial charge in [-0.2, -0.15) is 0 Å². The van der Waals surface area contributed by atoms with Crippen molar-refractivity contribution in [3.8, 4) is 0 Å².